The van der Waals surface area contributed by atoms with Gasteiger partial charge in [0, 0.05) is 11.1 Å². The molecule has 8 heteroatoms. The third-order valence-electron chi connectivity index (χ3n) is 2.96. The number of anilines is 1. The number of halogens is 1. The number of aryl methyl sites for hydroxylation is 2. The molecule has 0 atom stereocenters. The van der Waals surface area contributed by atoms with E-state index in [9.17, 15) is 9.59 Å². The van der Waals surface area contributed by atoms with Gasteiger partial charge in [0.05, 0.1) is 5.69 Å². The van der Waals surface area contributed by atoms with Gasteiger partial charge >= 0.3 is 0 Å². The summed E-state index contributed by atoms with van der Waals surface area (Å²) in [5.74, 6) is -0.372. The van der Waals surface area contributed by atoms with Crippen molar-refractivity contribution in [3.8, 4) is 0 Å². The maximum absolute atomic E-state index is 12.5. The van der Waals surface area contributed by atoms with Gasteiger partial charge in [-0.2, -0.15) is 0 Å². The number of nitrogens with zero attached hydrogens (tertiary/aromatic N) is 2. The number of thiazole rings is 1. The Morgan fingerprint density at radius 2 is 2.19 bits per heavy atom. The van der Waals surface area contributed by atoms with Gasteiger partial charge in [-0.25, -0.2) is 4.98 Å². The molecule has 3 rings (SSSR count). The molecule has 0 bridgehead atoms. The summed E-state index contributed by atoms with van der Waals surface area (Å²) in [7, 11) is 0. The zero-order valence-electron chi connectivity index (χ0n) is 11.1. The van der Waals surface area contributed by atoms with Gasteiger partial charge in [-0.05, 0) is 41.9 Å². The topological polar surface area (TPSA) is 76.6 Å². The highest BCUT2D eigenvalue weighted by molar-refractivity contribution is 9.10. The number of rotatable bonds is 2. The molecule has 0 aromatic carbocycles. The van der Waals surface area contributed by atoms with Gasteiger partial charge in [0.15, 0.2) is 15.4 Å². The summed E-state index contributed by atoms with van der Waals surface area (Å²) in [5, 5.41) is 4.42. The molecule has 21 heavy (non-hydrogen) atoms. The molecule has 6 nitrogen and oxygen atoms in total. The van der Waals surface area contributed by atoms with E-state index in [1.165, 1.54) is 21.8 Å². The Kier molecular flexibility index (Phi) is 3.42. The van der Waals surface area contributed by atoms with Gasteiger partial charge < -0.3 is 9.73 Å². The monoisotopic (exact) mass is 367 g/mol. The number of hydrogen-bond donors (Lipinski definition) is 1. The standard InChI is InChI=1S/C13H10BrN3O3S/c1-6-5-21-13-15-7(2)10(12(19)17(6)13)16-11(18)8-3-4-9(14)20-8/h3-5H,1-2H3,(H,16,18). The Labute approximate surface area is 131 Å². The molecule has 0 fully saturated rings. The molecule has 0 aliphatic rings. The Balaban J connectivity index is 2.06. The second kappa shape index (κ2) is 5.12. The van der Waals surface area contributed by atoms with Crippen LogP contribution in [0.3, 0.4) is 0 Å². The minimum atomic E-state index is -0.490. The number of amides is 1. The maximum Gasteiger partial charge on any atom is 0.291 e. The van der Waals surface area contributed by atoms with Crippen molar-refractivity contribution in [2.75, 3.05) is 5.32 Å². The normalized spacial score (nSPS) is 11.0. The fourth-order valence-corrected chi connectivity index (χ4v) is 3.15. The fraction of sp³-hybridized carbons (Fsp3) is 0.154. The molecule has 3 aromatic rings. The third kappa shape index (κ3) is 2.40. The van der Waals surface area contributed by atoms with Crippen LogP contribution in [0.5, 0.6) is 0 Å². The van der Waals surface area contributed by atoms with Crippen LogP contribution in [0, 0.1) is 13.8 Å². The second-order valence-electron chi connectivity index (χ2n) is 4.43. The van der Waals surface area contributed by atoms with Crippen LogP contribution >= 0.6 is 27.3 Å². The molecular weight excluding hydrogens is 358 g/mol. The fourth-order valence-electron chi connectivity index (χ4n) is 1.94. The largest absolute Gasteiger partial charge is 0.444 e. The van der Waals surface area contributed by atoms with E-state index in [2.05, 4.69) is 26.2 Å². The molecule has 0 radical (unpaired) electrons. The molecule has 3 aromatic heterocycles. The van der Waals surface area contributed by atoms with Crippen LogP contribution in [-0.4, -0.2) is 15.3 Å². The van der Waals surface area contributed by atoms with Crippen LogP contribution < -0.4 is 10.9 Å². The van der Waals surface area contributed by atoms with Crippen molar-refractivity contribution < 1.29 is 9.21 Å². The summed E-state index contributed by atoms with van der Waals surface area (Å²) in [5.41, 5.74) is 1.12. The number of aromatic nitrogens is 2. The van der Waals surface area contributed by atoms with E-state index in [1.807, 2.05) is 12.3 Å². The lowest BCUT2D eigenvalue weighted by molar-refractivity contribution is 0.0995. The highest BCUT2D eigenvalue weighted by Crippen LogP contribution is 2.18. The van der Waals surface area contributed by atoms with E-state index in [0.29, 0.717) is 15.3 Å². The number of hydrogen-bond acceptors (Lipinski definition) is 5. The zero-order valence-corrected chi connectivity index (χ0v) is 13.5. The first-order valence-corrected chi connectivity index (χ1v) is 7.69. The van der Waals surface area contributed by atoms with Gasteiger partial charge in [0.2, 0.25) is 0 Å². The van der Waals surface area contributed by atoms with Crippen molar-refractivity contribution in [2.24, 2.45) is 0 Å². The average Bonchev–Trinajstić information content (AvgIpc) is 3.01. The molecule has 0 saturated heterocycles. The van der Waals surface area contributed by atoms with Gasteiger partial charge in [-0.1, -0.05) is 0 Å². The quantitative estimate of drug-likeness (QED) is 0.755. The van der Waals surface area contributed by atoms with Crippen molar-refractivity contribution in [3.05, 3.63) is 49.7 Å². The van der Waals surface area contributed by atoms with Crippen molar-refractivity contribution in [3.63, 3.8) is 0 Å². The molecule has 3 heterocycles. The summed E-state index contributed by atoms with van der Waals surface area (Å²) >= 11 is 4.51. The molecule has 108 valence electrons. The average molecular weight is 368 g/mol. The van der Waals surface area contributed by atoms with Crippen molar-refractivity contribution in [1.29, 1.82) is 0 Å². The molecule has 1 amide bonds. The smallest absolute Gasteiger partial charge is 0.291 e. The van der Waals surface area contributed by atoms with E-state index in [-0.39, 0.29) is 17.0 Å². The lowest BCUT2D eigenvalue weighted by Crippen LogP contribution is -2.24. The molecule has 0 aliphatic heterocycles. The van der Waals surface area contributed by atoms with E-state index >= 15 is 0 Å². The summed E-state index contributed by atoms with van der Waals surface area (Å²) in [6.07, 6.45) is 0. The van der Waals surface area contributed by atoms with Gasteiger partial charge in [0.25, 0.3) is 11.5 Å². The summed E-state index contributed by atoms with van der Waals surface area (Å²) in [6, 6.07) is 3.13. The second-order valence-corrected chi connectivity index (χ2v) is 6.05. The lowest BCUT2D eigenvalue weighted by Gasteiger charge is -2.06. The molecule has 0 spiro atoms. The number of carbonyl (C=O) groups excluding carboxylic acids is 1. The van der Waals surface area contributed by atoms with Gasteiger partial charge in [0.1, 0.15) is 5.69 Å². The SMILES string of the molecule is Cc1nc2scc(C)n2c(=O)c1NC(=O)c1ccc(Br)o1. The highest BCUT2D eigenvalue weighted by Gasteiger charge is 2.17. The Hall–Kier alpha value is -1.93. The van der Waals surface area contributed by atoms with Crippen molar-refractivity contribution >= 4 is 43.8 Å². The Morgan fingerprint density at radius 1 is 1.43 bits per heavy atom. The molecule has 1 N–H and O–H groups in total. The van der Waals surface area contributed by atoms with Crippen LogP contribution in [-0.2, 0) is 0 Å². The Morgan fingerprint density at radius 3 is 2.86 bits per heavy atom. The van der Waals surface area contributed by atoms with Crippen LogP contribution in [0.15, 0.2) is 31.4 Å². The maximum atomic E-state index is 12.5. The number of fused-ring (bicyclic) bond motifs is 1. The highest BCUT2D eigenvalue weighted by atomic mass is 79.9. The zero-order chi connectivity index (χ0) is 15.1. The number of furan rings is 1. The third-order valence-corrected chi connectivity index (χ3v) is 4.33. The summed E-state index contributed by atoms with van der Waals surface area (Å²) < 4.78 is 7.10. The predicted molar refractivity (Wildman–Crippen MR) is 83.2 cm³/mol. The van der Waals surface area contributed by atoms with Gasteiger partial charge in [-0.15, -0.1) is 11.3 Å². The number of carbonyl (C=O) groups is 1. The van der Waals surface area contributed by atoms with Crippen molar-refractivity contribution in [2.45, 2.75) is 13.8 Å². The molecular formula is C13H10BrN3O3S. The van der Waals surface area contributed by atoms with E-state index < -0.39 is 5.91 Å². The lowest BCUT2D eigenvalue weighted by atomic mass is 10.3. The van der Waals surface area contributed by atoms with E-state index in [1.54, 1.807) is 13.0 Å². The predicted octanol–water partition coefficient (Wildman–Crippen LogP) is 2.98. The van der Waals surface area contributed by atoms with Crippen LogP contribution in [0.1, 0.15) is 21.9 Å². The first kappa shape index (κ1) is 14.0. The molecule has 0 unspecified atom stereocenters. The van der Waals surface area contributed by atoms with Crippen LogP contribution in [0.25, 0.3) is 4.96 Å². The summed E-state index contributed by atoms with van der Waals surface area (Å²) in [4.78, 5) is 29.5. The van der Waals surface area contributed by atoms with E-state index in [4.69, 9.17) is 4.42 Å². The summed E-state index contributed by atoms with van der Waals surface area (Å²) in [6.45, 7) is 3.50. The first-order valence-electron chi connectivity index (χ1n) is 6.01. The van der Waals surface area contributed by atoms with Gasteiger partial charge in [-0.3, -0.25) is 14.0 Å². The minimum absolute atomic E-state index is 0.118. The van der Waals surface area contributed by atoms with E-state index in [0.717, 1.165) is 5.69 Å². The molecule has 0 aliphatic carbocycles. The van der Waals surface area contributed by atoms with Crippen molar-refractivity contribution in [1.82, 2.24) is 9.38 Å². The Bertz CT molecular complexity index is 909. The molecule has 0 saturated carbocycles. The van der Waals surface area contributed by atoms with Crippen LogP contribution in [0.2, 0.25) is 0 Å². The minimum Gasteiger partial charge on any atom is -0.444 e. The number of nitrogens with one attached hydrogen (secondary N) is 1. The first-order chi connectivity index (χ1) is 9.97. The van der Waals surface area contributed by atoms with Crippen LogP contribution in [0.4, 0.5) is 5.69 Å².